The Kier molecular flexibility index (Phi) is 4.47. The molecule has 1 atom stereocenters. The van der Waals surface area contributed by atoms with Crippen LogP contribution in [-0.2, 0) is 19.3 Å². The Morgan fingerprint density at radius 1 is 1.14 bits per heavy atom. The van der Waals surface area contributed by atoms with Crippen molar-refractivity contribution in [1.29, 1.82) is 0 Å². The quantitative estimate of drug-likeness (QED) is 0.913. The molecule has 0 amide bonds. The first-order valence-electron chi connectivity index (χ1n) is 7.35. The fourth-order valence-electron chi connectivity index (χ4n) is 2.96. The van der Waals surface area contributed by atoms with E-state index in [0.29, 0.717) is 0 Å². The maximum atomic E-state index is 9.69. The van der Waals surface area contributed by atoms with Gasteiger partial charge in [-0.2, -0.15) is 0 Å². The summed E-state index contributed by atoms with van der Waals surface area (Å²) in [6, 6.07) is 14.2. The van der Waals surface area contributed by atoms with Gasteiger partial charge in [-0.25, -0.2) is 0 Å². The molecule has 1 N–H and O–H groups in total. The molecule has 0 radical (unpaired) electrons. The lowest BCUT2D eigenvalue weighted by molar-refractivity contribution is 0.224. The number of halogens is 1. The van der Waals surface area contributed by atoms with Gasteiger partial charge in [-0.1, -0.05) is 41.9 Å². The van der Waals surface area contributed by atoms with Crippen molar-refractivity contribution in [3.63, 3.8) is 0 Å². The highest BCUT2D eigenvalue weighted by Crippen LogP contribution is 2.34. The number of rotatable bonds is 5. The number of aliphatic hydroxyl groups excluding tert-OH is 1. The molecule has 0 bridgehead atoms. The summed E-state index contributed by atoms with van der Waals surface area (Å²) in [4.78, 5) is 0. The standard InChI is InChI=1S/C18H19ClO2/c19-17-10-15-6-7-21-18(15)16(11-17)9-14(12-20)8-13-4-2-1-3-5-13/h1-5,10-11,14,20H,6-9,12H2. The number of ether oxygens (including phenoxy) is 1. The van der Waals surface area contributed by atoms with Crippen molar-refractivity contribution < 1.29 is 9.84 Å². The predicted octanol–water partition coefficient (Wildman–Crippen LogP) is 3.67. The minimum Gasteiger partial charge on any atom is -0.493 e. The third-order valence-electron chi connectivity index (χ3n) is 3.96. The van der Waals surface area contributed by atoms with Crippen LogP contribution in [0.15, 0.2) is 42.5 Å². The van der Waals surface area contributed by atoms with Crippen LogP contribution in [0.5, 0.6) is 5.75 Å². The zero-order valence-electron chi connectivity index (χ0n) is 11.9. The average molecular weight is 303 g/mol. The SMILES string of the molecule is OCC(Cc1ccccc1)Cc1cc(Cl)cc2c1OCC2. The second-order valence-corrected chi connectivity index (χ2v) is 6.03. The molecule has 1 unspecified atom stereocenters. The smallest absolute Gasteiger partial charge is 0.125 e. The molecule has 0 spiro atoms. The Morgan fingerprint density at radius 3 is 2.71 bits per heavy atom. The van der Waals surface area contributed by atoms with Crippen LogP contribution >= 0.6 is 11.6 Å². The van der Waals surface area contributed by atoms with E-state index in [4.69, 9.17) is 16.3 Å². The Morgan fingerprint density at radius 2 is 1.95 bits per heavy atom. The van der Waals surface area contributed by atoms with Gasteiger partial charge in [0.1, 0.15) is 5.75 Å². The molecule has 0 aliphatic carbocycles. The molecule has 1 heterocycles. The first kappa shape index (κ1) is 14.4. The van der Waals surface area contributed by atoms with E-state index in [-0.39, 0.29) is 12.5 Å². The minimum atomic E-state index is 0.163. The number of hydrogen-bond donors (Lipinski definition) is 1. The summed E-state index contributed by atoms with van der Waals surface area (Å²) in [7, 11) is 0. The third kappa shape index (κ3) is 3.39. The van der Waals surface area contributed by atoms with E-state index < -0.39 is 0 Å². The van der Waals surface area contributed by atoms with Crippen molar-refractivity contribution in [2.75, 3.05) is 13.2 Å². The van der Waals surface area contributed by atoms with Crippen LogP contribution in [0.3, 0.4) is 0 Å². The molecule has 21 heavy (non-hydrogen) atoms. The number of aliphatic hydroxyl groups is 1. The van der Waals surface area contributed by atoms with Crippen LogP contribution in [0.1, 0.15) is 16.7 Å². The van der Waals surface area contributed by atoms with Crippen molar-refractivity contribution in [3.05, 3.63) is 64.2 Å². The molecule has 110 valence electrons. The Balaban J connectivity index is 1.78. The Bertz CT molecular complexity index is 610. The topological polar surface area (TPSA) is 29.5 Å². The van der Waals surface area contributed by atoms with Crippen LogP contribution in [0.25, 0.3) is 0 Å². The summed E-state index contributed by atoms with van der Waals surface area (Å²) in [5, 5.41) is 10.4. The van der Waals surface area contributed by atoms with E-state index in [0.717, 1.165) is 42.2 Å². The second kappa shape index (κ2) is 6.50. The highest BCUT2D eigenvalue weighted by Gasteiger charge is 2.20. The lowest BCUT2D eigenvalue weighted by Crippen LogP contribution is -2.13. The fourth-order valence-corrected chi connectivity index (χ4v) is 3.22. The largest absolute Gasteiger partial charge is 0.493 e. The van der Waals surface area contributed by atoms with Crippen molar-refractivity contribution in [2.24, 2.45) is 5.92 Å². The van der Waals surface area contributed by atoms with Gasteiger partial charge >= 0.3 is 0 Å². The fraction of sp³-hybridized carbons (Fsp3) is 0.333. The van der Waals surface area contributed by atoms with Gasteiger partial charge in [0, 0.05) is 18.1 Å². The van der Waals surface area contributed by atoms with Gasteiger partial charge in [0.2, 0.25) is 0 Å². The highest BCUT2D eigenvalue weighted by molar-refractivity contribution is 6.30. The molecular weight excluding hydrogens is 284 g/mol. The Hall–Kier alpha value is -1.51. The average Bonchev–Trinajstić information content (AvgIpc) is 2.96. The summed E-state index contributed by atoms with van der Waals surface area (Å²) in [5.74, 6) is 1.16. The first-order valence-corrected chi connectivity index (χ1v) is 7.73. The van der Waals surface area contributed by atoms with Crippen molar-refractivity contribution in [3.8, 4) is 5.75 Å². The summed E-state index contributed by atoms with van der Waals surface area (Å²) in [6.07, 6.45) is 2.57. The van der Waals surface area contributed by atoms with Crippen LogP contribution < -0.4 is 4.74 Å². The third-order valence-corrected chi connectivity index (χ3v) is 4.18. The Labute approximate surface area is 130 Å². The molecule has 3 rings (SSSR count). The number of fused-ring (bicyclic) bond motifs is 1. The van der Waals surface area contributed by atoms with Gasteiger partial charge in [-0.15, -0.1) is 0 Å². The van der Waals surface area contributed by atoms with Gasteiger partial charge in [-0.3, -0.25) is 0 Å². The maximum Gasteiger partial charge on any atom is 0.125 e. The highest BCUT2D eigenvalue weighted by atomic mass is 35.5. The van der Waals surface area contributed by atoms with Gasteiger partial charge in [0.15, 0.2) is 0 Å². The number of hydrogen-bond acceptors (Lipinski definition) is 2. The molecule has 1 aliphatic heterocycles. The molecule has 3 heteroatoms. The molecule has 1 aliphatic rings. The number of benzene rings is 2. The molecule has 0 saturated carbocycles. The zero-order chi connectivity index (χ0) is 14.7. The van der Waals surface area contributed by atoms with Gasteiger partial charge in [0.05, 0.1) is 6.61 Å². The zero-order valence-corrected chi connectivity index (χ0v) is 12.6. The lowest BCUT2D eigenvalue weighted by Gasteiger charge is -2.16. The van der Waals surface area contributed by atoms with Gasteiger partial charge < -0.3 is 9.84 Å². The molecule has 2 nitrogen and oxygen atoms in total. The molecule has 2 aromatic carbocycles. The van der Waals surface area contributed by atoms with Crippen molar-refractivity contribution in [1.82, 2.24) is 0 Å². The van der Waals surface area contributed by atoms with Crippen LogP contribution in [-0.4, -0.2) is 18.3 Å². The molecule has 0 fully saturated rings. The van der Waals surface area contributed by atoms with Crippen molar-refractivity contribution in [2.45, 2.75) is 19.3 Å². The summed E-state index contributed by atoms with van der Waals surface area (Å²) in [5.41, 5.74) is 3.55. The van der Waals surface area contributed by atoms with E-state index in [1.807, 2.05) is 30.3 Å². The van der Waals surface area contributed by atoms with Gasteiger partial charge in [0.25, 0.3) is 0 Å². The van der Waals surface area contributed by atoms with Gasteiger partial charge in [-0.05, 0) is 47.6 Å². The van der Waals surface area contributed by atoms with Crippen LogP contribution in [0, 0.1) is 5.92 Å². The minimum absolute atomic E-state index is 0.163. The molecular formula is C18H19ClO2. The van der Waals surface area contributed by atoms with Crippen LogP contribution in [0.4, 0.5) is 0 Å². The van der Waals surface area contributed by atoms with E-state index >= 15 is 0 Å². The summed E-state index contributed by atoms with van der Waals surface area (Å²) >= 11 is 6.20. The molecule has 0 aromatic heterocycles. The molecule has 2 aromatic rings. The molecule has 0 saturated heterocycles. The monoisotopic (exact) mass is 302 g/mol. The normalized spacial score (nSPS) is 14.6. The predicted molar refractivity (Wildman–Crippen MR) is 85.1 cm³/mol. The van der Waals surface area contributed by atoms with E-state index in [1.54, 1.807) is 0 Å². The first-order chi connectivity index (χ1) is 10.3. The van der Waals surface area contributed by atoms with E-state index in [1.165, 1.54) is 11.1 Å². The lowest BCUT2D eigenvalue weighted by atomic mass is 9.92. The maximum absolute atomic E-state index is 9.69. The summed E-state index contributed by atoms with van der Waals surface area (Å²) < 4.78 is 5.74. The summed E-state index contributed by atoms with van der Waals surface area (Å²) in [6.45, 7) is 0.890. The van der Waals surface area contributed by atoms with Crippen LogP contribution in [0.2, 0.25) is 5.02 Å². The van der Waals surface area contributed by atoms with E-state index in [9.17, 15) is 5.11 Å². The van der Waals surface area contributed by atoms with Crippen molar-refractivity contribution >= 4 is 11.6 Å². The van der Waals surface area contributed by atoms with E-state index in [2.05, 4.69) is 12.1 Å². The second-order valence-electron chi connectivity index (χ2n) is 5.59.